The van der Waals surface area contributed by atoms with Gasteiger partial charge in [0, 0.05) is 0 Å². The Bertz CT molecular complexity index is 584. The number of rotatable bonds is 3. The topological polar surface area (TPSA) is 75.2 Å². The summed E-state index contributed by atoms with van der Waals surface area (Å²) in [7, 11) is 0. The van der Waals surface area contributed by atoms with Crippen LogP contribution in [0.1, 0.15) is 5.56 Å². The SMILES string of the molecule is CSc1nnc(N)n1Cc1ccc2c(c1)OCO2. The molecule has 0 unspecified atom stereocenters. The number of nitrogen functional groups attached to an aromatic ring is 1. The number of ether oxygens (including phenoxy) is 2. The molecule has 0 atom stereocenters. The first-order valence-electron chi connectivity index (χ1n) is 5.39. The summed E-state index contributed by atoms with van der Waals surface area (Å²) in [4.78, 5) is 0. The Morgan fingerprint density at radius 1 is 1.33 bits per heavy atom. The maximum atomic E-state index is 5.80. The van der Waals surface area contributed by atoms with E-state index >= 15 is 0 Å². The number of nitrogens with zero attached hydrogens (tertiary/aromatic N) is 3. The molecule has 0 bridgehead atoms. The Balaban J connectivity index is 1.90. The molecule has 94 valence electrons. The van der Waals surface area contributed by atoms with Crippen molar-refractivity contribution < 1.29 is 9.47 Å². The Hall–Kier alpha value is -1.89. The van der Waals surface area contributed by atoms with Gasteiger partial charge in [0.1, 0.15) is 0 Å². The zero-order chi connectivity index (χ0) is 12.5. The molecule has 18 heavy (non-hydrogen) atoms. The van der Waals surface area contributed by atoms with Crippen LogP contribution in [0.3, 0.4) is 0 Å². The summed E-state index contributed by atoms with van der Waals surface area (Å²) in [5.74, 6) is 1.96. The Morgan fingerprint density at radius 2 is 2.17 bits per heavy atom. The molecule has 0 fully saturated rings. The van der Waals surface area contributed by atoms with Crippen LogP contribution in [0.4, 0.5) is 5.95 Å². The molecule has 1 aliphatic heterocycles. The van der Waals surface area contributed by atoms with Gasteiger partial charge in [0.15, 0.2) is 16.7 Å². The highest BCUT2D eigenvalue weighted by Crippen LogP contribution is 2.33. The van der Waals surface area contributed by atoms with Gasteiger partial charge in [0.2, 0.25) is 12.7 Å². The minimum absolute atomic E-state index is 0.281. The standard InChI is InChI=1S/C11H12N4O2S/c1-18-11-14-13-10(12)15(11)5-7-2-3-8-9(4-7)17-6-16-8/h2-4H,5-6H2,1H3,(H2,12,13). The highest BCUT2D eigenvalue weighted by molar-refractivity contribution is 7.98. The minimum Gasteiger partial charge on any atom is -0.454 e. The highest BCUT2D eigenvalue weighted by atomic mass is 32.2. The van der Waals surface area contributed by atoms with Crippen molar-refractivity contribution in [1.82, 2.24) is 14.8 Å². The Labute approximate surface area is 108 Å². The van der Waals surface area contributed by atoms with Crippen LogP contribution in [0.15, 0.2) is 23.4 Å². The van der Waals surface area contributed by atoms with Gasteiger partial charge in [0.25, 0.3) is 0 Å². The number of anilines is 1. The predicted molar refractivity (Wildman–Crippen MR) is 67.9 cm³/mol. The van der Waals surface area contributed by atoms with Crippen molar-refractivity contribution in [3.8, 4) is 11.5 Å². The molecule has 1 aliphatic rings. The van der Waals surface area contributed by atoms with Crippen LogP contribution in [-0.4, -0.2) is 27.8 Å². The molecule has 0 amide bonds. The highest BCUT2D eigenvalue weighted by Gasteiger charge is 2.15. The lowest BCUT2D eigenvalue weighted by molar-refractivity contribution is 0.174. The van der Waals surface area contributed by atoms with E-state index in [4.69, 9.17) is 15.2 Å². The predicted octanol–water partition coefficient (Wildman–Crippen LogP) is 1.36. The number of thioether (sulfide) groups is 1. The van der Waals surface area contributed by atoms with E-state index in [9.17, 15) is 0 Å². The van der Waals surface area contributed by atoms with E-state index in [0.717, 1.165) is 22.2 Å². The Kier molecular flexibility index (Phi) is 2.75. The van der Waals surface area contributed by atoms with Gasteiger partial charge in [-0.25, -0.2) is 0 Å². The second-order valence-corrected chi connectivity index (χ2v) is 4.59. The van der Waals surface area contributed by atoms with Crippen LogP contribution in [0.5, 0.6) is 11.5 Å². The summed E-state index contributed by atoms with van der Waals surface area (Å²) in [6.07, 6.45) is 1.94. The average molecular weight is 264 g/mol. The van der Waals surface area contributed by atoms with Gasteiger partial charge < -0.3 is 15.2 Å². The molecular weight excluding hydrogens is 252 g/mol. The lowest BCUT2D eigenvalue weighted by atomic mass is 10.2. The van der Waals surface area contributed by atoms with Crippen LogP contribution in [0.2, 0.25) is 0 Å². The summed E-state index contributed by atoms with van der Waals surface area (Å²) in [5.41, 5.74) is 6.87. The minimum atomic E-state index is 0.281. The van der Waals surface area contributed by atoms with E-state index in [1.165, 1.54) is 11.8 Å². The number of hydrogen-bond donors (Lipinski definition) is 1. The maximum absolute atomic E-state index is 5.80. The van der Waals surface area contributed by atoms with Gasteiger partial charge in [-0.1, -0.05) is 17.8 Å². The molecule has 0 aliphatic carbocycles. The van der Waals surface area contributed by atoms with Crippen molar-refractivity contribution in [1.29, 1.82) is 0 Å². The molecule has 0 radical (unpaired) electrons. The summed E-state index contributed by atoms with van der Waals surface area (Å²) in [6, 6.07) is 5.83. The third-order valence-electron chi connectivity index (χ3n) is 2.71. The van der Waals surface area contributed by atoms with Crippen molar-refractivity contribution in [3.05, 3.63) is 23.8 Å². The fourth-order valence-electron chi connectivity index (χ4n) is 1.82. The van der Waals surface area contributed by atoms with Crippen molar-refractivity contribution in [2.75, 3.05) is 18.8 Å². The van der Waals surface area contributed by atoms with Gasteiger partial charge in [-0.3, -0.25) is 4.57 Å². The molecule has 1 aromatic heterocycles. The van der Waals surface area contributed by atoms with Crippen LogP contribution in [0, 0.1) is 0 Å². The molecule has 1 aromatic carbocycles. The lowest BCUT2D eigenvalue weighted by Crippen LogP contribution is -2.05. The van der Waals surface area contributed by atoms with E-state index < -0.39 is 0 Å². The molecular formula is C11H12N4O2S. The van der Waals surface area contributed by atoms with E-state index in [1.54, 1.807) is 0 Å². The summed E-state index contributed by atoms with van der Waals surface area (Å²) >= 11 is 1.51. The second kappa shape index (κ2) is 4.41. The zero-order valence-electron chi connectivity index (χ0n) is 9.79. The van der Waals surface area contributed by atoms with Crippen molar-refractivity contribution in [3.63, 3.8) is 0 Å². The van der Waals surface area contributed by atoms with E-state index in [1.807, 2.05) is 29.0 Å². The lowest BCUT2D eigenvalue weighted by Gasteiger charge is -2.07. The van der Waals surface area contributed by atoms with E-state index in [2.05, 4.69) is 10.2 Å². The summed E-state index contributed by atoms with van der Waals surface area (Å²) in [5, 5.41) is 8.66. The monoisotopic (exact) mass is 264 g/mol. The molecule has 2 heterocycles. The number of nitrogens with two attached hydrogens (primary N) is 1. The third kappa shape index (κ3) is 1.86. The van der Waals surface area contributed by atoms with Crippen LogP contribution in [0.25, 0.3) is 0 Å². The molecule has 0 saturated heterocycles. The fourth-order valence-corrected chi connectivity index (χ4v) is 2.32. The maximum Gasteiger partial charge on any atom is 0.231 e. The van der Waals surface area contributed by atoms with E-state index in [-0.39, 0.29) is 6.79 Å². The number of benzene rings is 1. The van der Waals surface area contributed by atoms with Crippen molar-refractivity contribution in [2.45, 2.75) is 11.7 Å². The first-order valence-corrected chi connectivity index (χ1v) is 6.61. The molecule has 7 heteroatoms. The van der Waals surface area contributed by atoms with Gasteiger partial charge in [-0.2, -0.15) is 0 Å². The number of aromatic nitrogens is 3. The quantitative estimate of drug-likeness (QED) is 0.844. The van der Waals surface area contributed by atoms with Gasteiger partial charge in [-0.05, 0) is 24.0 Å². The molecule has 3 rings (SSSR count). The fraction of sp³-hybridized carbons (Fsp3) is 0.273. The second-order valence-electron chi connectivity index (χ2n) is 3.82. The number of fused-ring (bicyclic) bond motifs is 1. The van der Waals surface area contributed by atoms with Crippen LogP contribution < -0.4 is 15.2 Å². The Morgan fingerprint density at radius 3 is 3.00 bits per heavy atom. The van der Waals surface area contributed by atoms with Crippen LogP contribution >= 0.6 is 11.8 Å². The van der Waals surface area contributed by atoms with Gasteiger partial charge >= 0.3 is 0 Å². The smallest absolute Gasteiger partial charge is 0.231 e. The molecule has 0 spiro atoms. The van der Waals surface area contributed by atoms with Crippen molar-refractivity contribution >= 4 is 17.7 Å². The normalized spacial score (nSPS) is 12.9. The first kappa shape index (κ1) is 11.2. The number of hydrogen-bond acceptors (Lipinski definition) is 6. The van der Waals surface area contributed by atoms with E-state index in [0.29, 0.717) is 12.5 Å². The average Bonchev–Trinajstić information content (AvgIpc) is 2.97. The van der Waals surface area contributed by atoms with Gasteiger partial charge in [-0.15, -0.1) is 10.2 Å². The summed E-state index contributed by atoms with van der Waals surface area (Å²) < 4.78 is 12.5. The third-order valence-corrected chi connectivity index (χ3v) is 3.37. The summed E-state index contributed by atoms with van der Waals surface area (Å²) in [6.45, 7) is 0.898. The molecule has 6 nitrogen and oxygen atoms in total. The zero-order valence-corrected chi connectivity index (χ0v) is 10.6. The molecule has 2 N–H and O–H groups in total. The van der Waals surface area contributed by atoms with Crippen molar-refractivity contribution in [2.24, 2.45) is 0 Å². The first-order chi connectivity index (χ1) is 8.78. The largest absolute Gasteiger partial charge is 0.454 e. The van der Waals surface area contributed by atoms with Gasteiger partial charge in [0.05, 0.1) is 6.54 Å². The molecule has 2 aromatic rings. The molecule has 0 saturated carbocycles. The van der Waals surface area contributed by atoms with Crippen LogP contribution in [-0.2, 0) is 6.54 Å².